The highest BCUT2D eigenvalue weighted by Crippen LogP contribution is 2.30. The number of hydrogen-bond donors (Lipinski definition) is 1. The van der Waals surface area contributed by atoms with E-state index in [1.807, 2.05) is 0 Å². The third kappa shape index (κ3) is 4.62. The third-order valence-corrected chi connectivity index (χ3v) is 4.29. The topological polar surface area (TPSA) is 27.7 Å². The van der Waals surface area contributed by atoms with Gasteiger partial charge >= 0.3 is 0 Å². The summed E-state index contributed by atoms with van der Waals surface area (Å²) in [6, 6.07) is 6.61. The number of nitrogens with one attached hydrogen (secondary N) is 1. The van der Waals surface area contributed by atoms with Crippen molar-refractivity contribution in [3.05, 3.63) is 23.8 Å². The molecule has 0 unspecified atom stereocenters. The minimum atomic E-state index is 0.677. The molecule has 0 amide bonds. The van der Waals surface area contributed by atoms with E-state index >= 15 is 0 Å². The van der Waals surface area contributed by atoms with E-state index in [-0.39, 0.29) is 0 Å². The lowest BCUT2D eigenvalue weighted by Crippen LogP contribution is -2.46. The number of rotatable bonds is 7. The van der Waals surface area contributed by atoms with Crippen LogP contribution in [0.3, 0.4) is 0 Å². The summed E-state index contributed by atoms with van der Waals surface area (Å²) in [7, 11) is 1.77. The first-order chi connectivity index (χ1) is 10.6. The maximum absolute atomic E-state index is 5.64. The van der Waals surface area contributed by atoms with E-state index in [9.17, 15) is 0 Å². The van der Waals surface area contributed by atoms with Crippen molar-refractivity contribution in [1.82, 2.24) is 10.2 Å². The zero-order chi connectivity index (χ0) is 15.9. The van der Waals surface area contributed by atoms with Crippen LogP contribution in [0.2, 0.25) is 0 Å². The molecule has 0 radical (unpaired) electrons. The second-order valence-corrected chi connectivity index (χ2v) is 6.45. The molecular weight excluding hydrogens is 274 g/mol. The highest BCUT2D eigenvalue weighted by atomic mass is 16.5. The van der Waals surface area contributed by atoms with Crippen LogP contribution in [0, 0.1) is 5.92 Å². The molecule has 1 aromatic rings. The van der Waals surface area contributed by atoms with Crippen molar-refractivity contribution in [2.24, 2.45) is 5.92 Å². The molecule has 1 heterocycles. The Morgan fingerprint density at radius 3 is 2.50 bits per heavy atom. The molecule has 1 aliphatic rings. The van der Waals surface area contributed by atoms with Crippen molar-refractivity contribution < 1.29 is 4.74 Å². The molecular formula is C18H31N3O. The van der Waals surface area contributed by atoms with E-state index in [1.54, 1.807) is 7.11 Å². The number of likely N-dealkylation sites (N-methyl/N-ethyl adjacent to an activating group) is 1. The zero-order valence-corrected chi connectivity index (χ0v) is 14.6. The Kier molecular flexibility index (Phi) is 6.52. The molecule has 4 heteroatoms. The molecule has 4 nitrogen and oxygen atoms in total. The van der Waals surface area contributed by atoms with Crippen LogP contribution in [0.4, 0.5) is 5.69 Å². The van der Waals surface area contributed by atoms with E-state index in [1.165, 1.54) is 11.3 Å². The molecule has 0 spiro atoms. The smallest absolute Gasteiger partial charge is 0.142 e. The number of methoxy groups -OCH3 is 1. The number of ether oxygens (including phenoxy) is 1. The Hall–Kier alpha value is -1.26. The van der Waals surface area contributed by atoms with Crippen LogP contribution >= 0.6 is 0 Å². The van der Waals surface area contributed by atoms with Gasteiger partial charge in [-0.2, -0.15) is 0 Å². The van der Waals surface area contributed by atoms with Gasteiger partial charge in [0, 0.05) is 32.7 Å². The minimum Gasteiger partial charge on any atom is -0.495 e. The lowest BCUT2D eigenvalue weighted by molar-refractivity contribution is 0.270. The minimum absolute atomic E-state index is 0.677. The molecule has 1 aliphatic heterocycles. The first-order valence-corrected chi connectivity index (χ1v) is 8.49. The van der Waals surface area contributed by atoms with Crippen LogP contribution in [0.25, 0.3) is 0 Å². The second kappa shape index (κ2) is 8.39. The molecule has 0 aromatic heterocycles. The van der Waals surface area contributed by atoms with Crippen molar-refractivity contribution in [2.75, 3.05) is 51.3 Å². The number of nitrogens with zero attached hydrogens (tertiary/aromatic N) is 2. The molecule has 1 N–H and O–H groups in total. The number of piperazine rings is 1. The summed E-state index contributed by atoms with van der Waals surface area (Å²) in [5.74, 6) is 1.67. The van der Waals surface area contributed by atoms with Gasteiger partial charge in [-0.3, -0.25) is 0 Å². The zero-order valence-electron chi connectivity index (χ0n) is 14.6. The molecule has 0 saturated carbocycles. The SMILES string of the molecule is CCN1CCN(c2ccc(CNCC(C)C)cc2OC)CC1. The van der Waals surface area contributed by atoms with Gasteiger partial charge in [0.25, 0.3) is 0 Å². The Labute approximate surface area is 135 Å². The largest absolute Gasteiger partial charge is 0.495 e. The molecule has 0 aliphatic carbocycles. The quantitative estimate of drug-likeness (QED) is 0.838. The highest BCUT2D eigenvalue weighted by molar-refractivity contribution is 5.60. The molecule has 1 saturated heterocycles. The van der Waals surface area contributed by atoms with E-state index in [0.717, 1.165) is 51.6 Å². The molecule has 0 atom stereocenters. The molecule has 1 fully saturated rings. The summed E-state index contributed by atoms with van der Waals surface area (Å²) in [6.45, 7) is 14.2. The summed E-state index contributed by atoms with van der Waals surface area (Å²) in [6.07, 6.45) is 0. The lowest BCUT2D eigenvalue weighted by Gasteiger charge is -2.36. The average molecular weight is 305 g/mol. The Bertz CT molecular complexity index is 454. The first kappa shape index (κ1) is 17.1. The molecule has 1 aromatic carbocycles. The maximum Gasteiger partial charge on any atom is 0.142 e. The van der Waals surface area contributed by atoms with Crippen LogP contribution in [0.5, 0.6) is 5.75 Å². The fourth-order valence-corrected chi connectivity index (χ4v) is 2.90. The summed E-state index contributed by atoms with van der Waals surface area (Å²) in [5.41, 5.74) is 2.51. The van der Waals surface area contributed by atoms with Crippen LogP contribution < -0.4 is 15.0 Å². The van der Waals surface area contributed by atoms with Crippen molar-refractivity contribution in [3.63, 3.8) is 0 Å². The second-order valence-electron chi connectivity index (χ2n) is 6.45. The van der Waals surface area contributed by atoms with Crippen LogP contribution in [0.15, 0.2) is 18.2 Å². The number of anilines is 1. The van der Waals surface area contributed by atoms with E-state index in [2.05, 4.69) is 54.1 Å². The normalized spacial score (nSPS) is 16.3. The van der Waals surface area contributed by atoms with Gasteiger partial charge in [-0.1, -0.05) is 26.8 Å². The Morgan fingerprint density at radius 1 is 1.18 bits per heavy atom. The molecule has 0 bridgehead atoms. The maximum atomic E-state index is 5.64. The van der Waals surface area contributed by atoms with Gasteiger partial charge in [-0.15, -0.1) is 0 Å². The summed E-state index contributed by atoms with van der Waals surface area (Å²) in [5, 5.41) is 3.49. The van der Waals surface area contributed by atoms with Crippen LogP contribution in [-0.2, 0) is 6.54 Å². The number of hydrogen-bond acceptors (Lipinski definition) is 4. The number of benzene rings is 1. The van der Waals surface area contributed by atoms with Gasteiger partial charge < -0.3 is 19.9 Å². The molecule has 2 rings (SSSR count). The van der Waals surface area contributed by atoms with Crippen LogP contribution in [0.1, 0.15) is 26.3 Å². The van der Waals surface area contributed by atoms with Gasteiger partial charge in [0.05, 0.1) is 12.8 Å². The van der Waals surface area contributed by atoms with Gasteiger partial charge in [-0.25, -0.2) is 0 Å². The standard InChI is InChI=1S/C18H31N3O/c1-5-20-8-10-21(11-9-20)17-7-6-16(12-18(17)22-4)14-19-13-15(2)3/h6-7,12,15,19H,5,8-11,13-14H2,1-4H3. The van der Waals surface area contributed by atoms with Gasteiger partial charge in [-0.05, 0) is 36.7 Å². The predicted molar refractivity (Wildman–Crippen MR) is 93.9 cm³/mol. The summed E-state index contributed by atoms with van der Waals surface area (Å²) >= 11 is 0. The van der Waals surface area contributed by atoms with Gasteiger partial charge in [0.15, 0.2) is 0 Å². The third-order valence-electron chi connectivity index (χ3n) is 4.29. The highest BCUT2D eigenvalue weighted by Gasteiger charge is 2.18. The fraction of sp³-hybridized carbons (Fsp3) is 0.667. The van der Waals surface area contributed by atoms with Gasteiger partial charge in [0.2, 0.25) is 0 Å². The van der Waals surface area contributed by atoms with Gasteiger partial charge in [0.1, 0.15) is 5.75 Å². The van der Waals surface area contributed by atoms with Crippen molar-refractivity contribution >= 4 is 5.69 Å². The predicted octanol–water partition coefficient (Wildman–Crippen LogP) is 2.58. The Morgan fingerprint density at radius 2 is 1.91 bits per heavy atom. The average Bonchev–Trinajstić information content (AvgIpc) is 2.54. The van der Waals surface area contributed by atoms with Crippen molar-refractivity contribution in [1.29, 1.82) is 0 Å². The lowest BCUT2D eigenvalue weighted by atomic mass is 10.1. The fourth-order valence-electron chi connectivity index (χ4n) is 2.90. The van der Waals surface area contributed by atoms with E-state index in [4.69, 9.17) is 4.74 Å². The van der Waals surface area contributed by atoms with E-state index in [0.29, 0.717) is 5.92 Å². The molecule has 22 heavy (non-hydrogen) atoms. The van der Waals surface area contributed by atoms with Crippen LogP contribution in [-0.4, -0.2) is 51.3 Å². The summed E-state index contributed by atoms with van der Waals surface area (Å²) < 4.78 is 5.64. The van der Waals surface area contributed by atoms with Crippen molar-refractivity contribution in [3.8, 4) is 5.75 Å². The van der Waals surface area contributed by atoms with E-state index < -0.39 is 0 Å². The van der Waals surface area contributed by atoms with Crippen molar-refractivity contribution in [2.45, 2.75) is 27.3 Å². The Balaban J connectivity index is 2.00. The summed E-state index contributed by atoms with van der Waals surface area (Å²) in [4.78, 5) is 4.93. The molecule has 124 valence electrons. The first-order valence-electron chi connectivity index (χ1n) is 8.49. The monoisotopic (exact) mass is 305 g/mol.